The van der Waals surface area contributed by atoms with Crippen molar-refractivity contribution >= 4 is 29.4 Å². The molecular weight excluding hydrogens is 302 g/mol. The summed E-state index contributed by atoms with van der Waals surface area (Å²) in [5, 5.41) is 6.07. The molecule has 1 N–H and O–H groups in total. The highest BCUT2D eigenvalue weighted by molar-refractivity contribution is 8.01. The summed E-state index contributed by atoms with van der Waals surface area (Å²) in [5.41, 5.74) is 0. The Bertz CT molecular complexity index is 484. The minimum Gasteiger partial charge on any atom is -0.360 e. The molecule has 0 aliphatic heterocycles. The quantitative estimate of drug-likeness (QED) is 0.755. The standard InChI is InChI=1S/C15H25N3O3S/c1-5-7-18(8-6-2)14(19)10-22-12(4)15(20)16-13-9-11(3)21-17-13/h9,12H,5-8,10H2,1-4H3,(H,16,17,20). The molecule has 1 aromatic rings. The molecule has 0 saturated heterocycles. The molecule has 0 saturated carbocycles. The minimum absolute atomic E-state index is 0.0885. The first-order chi connectivity index (χ1) is 10.5. The minimum atomic E-state index is -0.328. The zero-order valence-electron chi connectivity index (χ0n) is 13.7. The Balaban J connectivity index is 2.41. The van der Waals surface area contributed by atoms with Crippen LogP contribution in [0.25, 0.3) is 0 Å². The van der Waals surface area contributed by atoms with Gasteiger partial charge in [0.25, 0.3) is 0 Å². The third-order valence-corrected chi connectivity index (χ3v) is 4.17. The van der Waals surface area contributed by atoms with Crippen LogP contribution in [0, 0.1) is 6.92 Å². The van der Waals surface area contributed by atoms with Gasteiger partial charge in [-0.25, -0.2) is 0 Å². The fourth-order valence-corrected chi connectivity index (χ4v) is 2.70. The summed E-state index contributed by atoms with van der Waals surface area (Å²) < 4.78 is 4.90. The summed E-state index contributed by atoms with van der Waals surface area (Å²) in [6.07, 6.45) is 1.88. The molecule has 1 rings (SSSR count). The largest absolute Gasteiger partial charge is 0.360 e. The molecule has 2 amide bonds. The van der Waals surface area contributed by atoms with Gasteiger partial charge < -0.3 is 14.7 Å². The summed E-state index contributed by atoms with van der Waals surface area (Å²) in [4.78, 5) is 26.0. The lowest BCUT2D eigenvalue weighted by Crippen LogP contribution is -2.35. The number of aryl methyl sites for hydroxylation is 1. The normalized spacial score (nSPS) is 12.0. The lowest BCUT2D eigenvalue weighted by molar-refractivity contribution is -0.128. The van der Waals surface area contributed by atoms with E-state index in [-0.39, 0.29) is 17.1 Å². The number of thioether (sulfide) groups is 1. The van der Waals surface area contributed by atoms with Crippen LogP contribution in [-0.4, -0.2) is 46.0 Å². The molecule has 0 aliphatic carbocycles. The van der Waals surface area contributed by atoms with Crippen molar-refractivity contribution in [2.75, 3.05) is 24.2 Å². The summed E-state index contributed by atoms with van der Waals surface area (Å²) in [5.74, 6) is 1.27. The van der Waals surface area contributed by atoms with Gasteiger partial charge >= 0.3 is 0 Å². The maximum atomic E-state index is 12.2. The second-order valence-corrected chi connectivity index (χ2v) is 6.48. The van der Waals surface area contributed by atoms with Gasteiger partial charge in [-0.05, 0) is 26.7 Å². The first-order valence-electron chi connectivity index (χ1n) is 7.61. The number of aromatic nitrogens is 1. The Morgan fingerprint density at radius 1 is 1.36 bits per heavy atom. The van der Waals surface area contributed by atoms with Gasteiger partial charge in [0, 0.05) is 19.2 Å². The van der Waals surface area contributed by atoms with Crippen LogP contribution < -0.4 is 5.32 Å². The van der Waals surface area contributed by atoms with E-state index in [1.807, 2.05) is 4.90 Å². The molecule has 1 atom stereocenters. The monoisotopic (exact) mass is 327 g/mol. The Morgan fingerprint density at radius 2 is 2.00 bits per heavy atom. The average Bonchev–Trinajstić information content (AvgIpc) is 2.89. The van der Waals surface area contributed by atoms with Gasteiger partial charge in [0.05, 0.1) is 11.0 Å². The van der Waals surface area contributed by atoms with Gasteiger partial charge in [0.1, 0.15) is 5.76 Å². The van der Waals surface area contributed by atoms with Crippen molar-refractivity contribution in [3.05, 3.63) is 11.8 Å². The summed E-state index contributed by atoms with van der Waals surface area (Å²) >= 11 is 1.34. The molecule has 1 unspecified atom stereocenters. The zero-order chi connectivity index (χ0) is 16.5. The summed E-state index contributed by atoms with van der Waals surface area (Å²) in [6.45, 7) is 9.19. The highest BCUT2D eigenvalue weighted by atomic mass is 32.2. The highest BCUT2D eigenvalue weighted by Gasteiger charge is 2.19. The van der Waals surface area contributed by atoms with Crippen LogP contribution in [-0.2, 0) is 9.59 Å². The number of hydrogen-bond donors (Lipinski definition) is 1. The smallest absolute Gasteiger partial charge is 0.238 e. The number of anilines is 1. The second-order valence-electron chi connectivity index (χ2n) is 5.15. The Kier molecular flexibility index (Phi) is 8.01. The third kappa shape index (κ3) is 6.09. The van der Waals surface area contributed by atoms with Crippen LogP contribution in [0.15, 0.2) is 10.6 Å². The van der Waals surface area contributed by atoms with E-state index >= 15 is 0 Å². The molecule has 7 heteroatoms. The molecule has 0 fully saturated rings. The molecule has 22 heavy (non-hydrogen) atoms. The SMILES string of the molecule is CCCN(CCC)C(=O)CSC(C)C(=O)Nc1cc(C)on1. The molecule has 0 aromatic carbocycles. The van der Waals surface area contributed by atoms with E-state index < -0.39 is 0 Å². The number of amides is 2. The lowest BCUT2D eigenvalue weighted by Gasteiger charge is -2.22. The Labute approximate surface area is 136 Å². The molecule has 124 valence electrons. The van der Waals surface area contributed by atoms with Crippen molar-refractivity contribution in [2.24, 2.45) is 0 Å². The fraction of sp³-hybridized carbons (Fsp3) is 0.667. The number of hydrogen-bond acceptors (Lipinski definition) is 5. The van der Waals surface area contributed by atoms with E-state index in [9.17, 15) is 9.59 Å². The van der Waals surface area contributed by atoms with Gasteiger partial charge in [0.15, 0.2) is 5.82 Å². The fourth-order valence-electron chi connectivity index (χ4n) is 1.92. The number of carbonyl (C=O) groups excluding carboxylic acids is 2. The van der Waals surface area contributed by atoms with Gasteiger partial charge in [-0.3, -0.25) is 9.59 Å². The van der Waals surface area contributed by atoms with Crippen LogP contribution in [0.4, 0.5) is 5.82 Å². The van der Waals surface area contributed by atoms with Gasteiger partial charge in [0.2, 0.25) is 11.8 Å². The van der Waals surface area contributed by atoms with Crippen molar-refractivity contribution in [2.45, 2.75) is 45.8 Å². The molecule has 0 radical (unpaired) electrons. The van der Waals surface area contributed by atoms with E-state index in [0.717, 1.165) is 25.9 Å². The maximum absolute atomic E-state index is 12.2. The topological polar surface area (TPSA) is 75.4 Å². The molecular formula is C15H25N3O3S. The van der Waals surface area contributed by atoms with Crippen LogP contribution >= 0.6 is 11.8 Å². The lowest BCUT2D eigenvalue weighted by atomic mass is 10.3. The van der Waals surface area contributed by atoms with Crippen molar-refractivity contribution in [1.29, 1.82) is 0 Å². The number of carbonyl (C=O) groups is 2. The molecule has 0 aliphatic rings. The van der Waals surface area contributed by atoms with E-state index in [2.05, 4.69) is 24.3 Å². The van der Waals surface area contributed by atoms with Crippen LogP contribution in [0.3, 0.4) is 0 Å². The van der Waals surface area contributed by atoms with E-state index in [1.54, 1.807) is 19.9 Å². The van der Waals surface area contributed by atoms with E-state index in [4.69, 9.17) is 4.52 Å². The average molecular weight is 327 g/mol. The molecule has 0 spiro atoms. The summed E-state index contributed by atoms with van der Waals surface area (Å²) in [6, 6.07) is 1.66. The molecule has 6 nitrogen and oxygen atoms in total. The molecule has 0 bridgehead atoms. The van der Waals surface area contributed by atoms with Crippen molar-refractivity contribution in [3.63, 3.8) is 0 Å². The van der Waals surface area contributed by atoms with Gasteiger partial charge in [-0.2, -0.15) is 0 Å². The van der Waals surface area contributed by atoms with Crippen LogP contribution in [0.5, 0.6) is 0 Å². The van der Waals surface area contributed by atoms with E-state index in [1.165, 1.54) is 11.8 Å². The van der Waals surface area contributed by atoms with Gasteiger partial charge in [-0.1, -0.05) is 19.0 Å². The second kappa shape index (κ2) is 9.50. The predicted octanol–water partition coefficient (Wildman–Crippen LogP) is 2.69. The Hall–Kier alpha value is -1.50. The van der Waals surface area contributed by atoms with Crippen molar-refractivity contribution in [1.82, 2.24) is 10.1 Å². The third-order valence-electron chi connectivity index (χ3n) is 3.05. The van der Waals surface area contributed by atoms with Crippen LogP contribution in [0.1, 0.15) is 39.4 Å². The first kappa shape index (κ1) is 18.5. The first-order valence-corrected chi connectivity index (χ1v) is 8.66. The number of nitrogens with zero attached hydrogens (tertiary/aromatic N) is 2. The molecule has 1 heterocycles. The zero-order valence-corrected chi connectivity index (χ0v) is 14.5. The maximum Gasteiger partial charge on any atom is 0.238 e. The summed E-state index contributed by atoms with van der Waals surface area (Å²) in [7, 11) is 0. The van der Waals surface area contributed by atoms with E-state index in [0.29, 0.717) is 17.3 Å². The van der Waals surface area contributed by atoms with Crippen molar-refractivity contribution < 1.29 is 14.1 Å². The number of rotatable bonds is 9. The molecule has 1 aromatic heterocycles. The predicted molar refractivity (Wildman–Crippen MR) is 89.0 cm³/mol. The van der Waals surface area contributed by atoms with Gasteiger partial charge in [-0.15, -0.1) is 11.8 Å². The van der Waals surface area contributed by atoms with Crippen molar-refractivity contribution in [3.8, 4) is 0 Å². The Morgan fingerprint density at radius 3 is 2.50 bits per heavy atom. The highest BCUT2D eigenvalue weighted by Crippen LogP contribution is 2.15. The van der Waals surface area contributed by atoms with Crippen LogP contribution in [0.2, 0.25) is 0 Å². The number of nitrogens with one attached hydrogen (secondary N) is 1.